The molecular formula is C12H22N2O. The summed E-state index contributed by atoms with van der Waals surface area (Å²) in [5, 5.41) is 3.39. The van der Waals surface area contributed by atoms with Crippen LogP contribution in [0.15, 0.2) is 0 Å². The first-order chi connectivity index (χ1) is 7.25. The summed E-state index contributed by atoms with van der Waals surface area (Å²) in [6.45, 7) is 3.18. The minimum atomic E-state index is 0.350. The molecule has 1 N–H and O–H groups in total. The first-order valence-corrected chi connectivity index (χ1v) is 6.20. The first kappa shape index (κ1) is 10.9. The van der Waals surface area contributed by atoms with E-state index in [9.17, 15) is 4.79 Å². The predicted molar refractivity (Wildman–Crippen MR) is 60.6 cm³/mol. The number of hydrogen-bond acceptors (Lipinski definition) is 2. The van der Waals surface area contributed by atoms with Gasteiger partial charge in [-0.25, -0.2) is 0 Å². The molecule has 15 heavy (non-hydrogen) atoms. The summed E-state index contributed by atoms with van der Waals surface area (Å²) in [6, 6.07) is 0. The van der Waals surface area contributed by atoms with E-state index in [1.165, 1.54) is 25.7 Å². The lowest BCUT2D eigenvalue weighted by Gasteiger charge is -2.27. The highest BCUT2D eigenvalue weighted by atomic mass is 16.2. The van der Waals surface area contributed by atoms with Gasteiger partial charge in [-0.15, -0.1) is 0 Å². The molecule has 1 heterocycles. The van der Waals surface area contributed by atoms with E-state index in [1.807, 2.05) is 11.9 Å². The van der Waals surface area contributed by atoms with Crippen LogP contribution in [0, 0.1) is 11.8 Å². The van der Waals surface area contributed by atoms with Crippen LogP contribution in [0.3, 0.4) is 0 Å². The Balaban J connectivity index is 1.69. The van der Waals surface area contributed by atoms with Crippen molar-refractivity contribution in [1.29, 1.82) is 0 Å². The van der Waals surface area contributed by atoms with Crippen LogP contribution < -0.4 is 5.32 Å². The van der Waals surface area contributed by atoms with E-state index in [1.54, 1.807) is 0 Å². The molecule has 2 fully saturated rings. The molecule has 1 aliphatic heterocycles. The molecule has 0 aromatic heterocycles. The average Bonchev–Trinajstić information content (AvgIpc) is 3.03. The second kappa shape index (κ2) is 4.97. The number of rotatable bonds is 4. The van der Waals surface area contributed by atoms with Gasteiger partial charge < -0.3 is 10.2 Å². The summed E-state index contributed by atoms with van der Waals surface area (Å²) in [5.41, 5.74) is 0. The molecular weight excluding hydrogens is 188 g/mol. The molecule has 1 unspecified atom stereocenters. The number of carbonyl (C=O) groups excluding carboxylic acids is 1. The molecule has 1 saturated carbocycles. The molecule has 0 radical (unpaired) electrons. The van der Waals surface area contributed by atoms with Crippen molar-refractivity contribution >= 4 is 5.91 Å². The average molecular weight is 210 g/mol. The summed E-state index contributed by atoms with van der Waals surface area (Å²) < 4.78 is 0. The highest BCUT2D eigenvalue weighted by molar-refractivity contribution is 5.76. The molecule has 3 heteroatoms. The summed E-state index contributed by atoms with van der Waals surface area (Å²) in [7, 11) is 1.96. The Kier molecular flexibility index (Phi) is 3.62. The second-order valence-electron chi connectivity index (χ2n) is 5.13. The van der Waals surface area contributed by atoms with E-state index < -0.39 is 0 Å². The van der Waals surface area contributed by atoms with Gasteiger partial charge in [0.05, 0.1) is 0 Å². The van der Waals surface area contributed by atoms with Crippen LogP contribution in [-0.2, 0) is 4.79 Å². The number of hydrogen-bond donors (Lipinski definition) is 1. The van der Waals surface area contributed by atoms with Crippen molar-refractivity contribution in [2.24, 2.45) is 11.8 Å². The lowest BCUT2D eigenvalue weighted by Crippen LogP contribution is -2.39. The van der Waals surface area contributed by atoms with Crippen molar-refractivity contribution in [3.8, 4) is 0 Å². The van der Waals surface area contributed by atoms with Gasteiger partial charge in [0.2, 0.25) is 5.91 Å². The van der Waals surface area contributed by atoms with E-state index in [4.69, 9.17) is 0 Å². The fourth-order valence-electron chi connectivity index (χ4n) is 2.29. The van der Waals surface area contributed by atoms with Crippen LogP contribution >= 0.6 is 0 Å². The second-order valence-corrected chi connectivity index (χ2v) is 5.13. The zero-order valence-corrected chi connectivity index (χ0v) is 9.67. The third kappa shape index (κ3) is 3.49. The highest BCUT2D eigenvalue weighted by Gasteiger charge is 2.26. The molecule has 2 rings (SSSR count). The maximum atomic E-state index is 11.8. The van der Waals surface area contributed by atoms with Gasteiger partial charge in [-0.3, -0.25) is 4.79 Å². The van der Waals surface area contributed by atoms with E-state index in [-0.39, 0.29) is 0 Å². The zero-order valence-electron chi connectivity index (χ0n) is 9.67. The van der Waals surface area contributed by atoms with Crippen molar-refractivity contribution in [2.45, 2.75) is 32.1 Å². The Morgan fingerprint density at radius 1 is 1.33 bits per heavy atom. The van der Waals surface area contributed by atoms with E-state index in [2.05, 4.69) is 5.32 Å². The third-order valence-corrected chi connectivity index (χ3v) is 3.52. The standard InChI is InChI=1S/C12H22N2O/c1-14(12(15)7-10-4-5-10)9-11-3-2-6-13-8-11/h10-11,13H,2-9H2,1H3. The van der Waals surface area contributed by atoms with E-state index in [0.717, 1.165) is 26.1 Å². The lowest BCUT2D eigenvalue weighted by atomic mass is 9.99. The van der Waals surface area contributed by atoms with Crippen LogP contribution in [0.1, 0.15) is 32.1 Å². The van der Waals surface area contributed by atoms with Gasteiger partial charge in [-0.2, -0.15) is 0 Å². The van der Waals surface area contributed by atoms with Crippen molar-refractivity contribution in [2.75, 3.05) is 26.7 Å². The molecule has 1 atom stereocenters. The Hall–Kier alpha value is -0.570. The molecule has 86 valence electrons. The Morgan fingerprint density at radius 3 is 2.73 bits per heavy atom. The summed E-state index contributed by atoms with van der Waals surface area (Å²) >= 11 is 0. The normalized spacial score (nSPS) is 26.3. The fourth-order valence-corrected chi connectivity index (χ4v) is 2.29. The number of amides is 1. The van der Waals surface area contributed by atoms with Crippen molar-refractivity contribution < 1.29 is 4.79 Å². The number of carbonyl (C=O) groups is 1. The van der Waals surface area contributed by atoms with Crippen molar-refractivity contribution in [3.05, 3.63) is 0 Å². The Bertz CT molecular complexity index is 220. The number of nitrogens with zero attached hydrogens (tertiary/aromatic N) is 1. The molecule has 1 saturated heterocycles. The van der Waals surface area contributed by atoms with Crippen molar-refractivity contribution in [3.63, 3.8) is 0 Å². The maximum absolute atomic E-state index is 11.8. The largest absolute Gasteiger partial charge is 0.345 e. The lowest BCUT2D eigenvalue weighted by molar-refractivity contribution is -0.130. The molecule has 0 aromatic rings. The molecule has 1 amide bonds. The van der Waals surface area contributed by atoms with Gasteiger partial charge in [0.25, 0.3) is 0 Å². The van der Waals surface area contributed by atoms with Crippen LogP contribution in [-0.4, -0.2) is 37.5 Å². The van der Waals surface area contributed by atoms with Gasteiger partial charge in [0.1, 0.15) is 0 Å². The Labute approximate surface area is 92.2 Å². The third-order valence-electron chi connectivity index (χ3n) is 3.52. The van der Waals surface area contributed by atoms with Gasteiger partial charge in [-0.05, 0) is 50.6 Å². The van der Waals surface area contributed by atoms with Gasteiger partial charge in [0, 0.05) is 20.0 Å². The summed E-state index contributed by atoms with van der Waals surface area (Å²) in [6.07, 6.45) is 5.86. The van der Waals surface area contributed by atoms with Gasteiger partial charge in [0.15, 0.2) is 0 Å². The minimum absolute atomic E-state index is 0.350. The fraction of sp³-hybridized carbons (Fsp3) is 0.917. The molecule has 3 nitrogen and oxygen atoms in total. The van der Waals surface area contributed by atoms with E-state index in [0.29, 0.717) is 17.7 Å². The monoisotopic (exact) mass is 210 g/mol. The first-order valence-electron chi connectivity index (χ1n) is 6.20. The van der Waals surface area contributed by atoms with Crippen LogP contribution in [0.5, 0.6) is 0 Å². The van der Waals surface area contributed by atoms with Crippen LogP contribution in [0.4, 0.5) is 0 Å². The molecule has 0 bridgehead atoms. The molecule has 1 aliphatic carbocycles. The van der Waals surface area contributed by atoms with E-state index >= 15 is 0 Å². The minimum Gasteiger partial charge on any atom is -0.345 e. The predicted octanol–water partition coefficient (Wildman–Crippen LogP) is 1.24. The highest BCUT2D eigenvalue weighted by Crippen LogP contribution is 2.32. The molecule has 0 spiro atoms. The smallest absolute Gasteiger partial charge is 0.222 e. The Morgan fingerprint density at radius 2 is 2.13 bits per heavy atom. The van der Waals surface area contributed by atoms with Gasteiger partial charge >= 0.3 is 0 Å². The molecule has 2 aliphatic rings. The topological polar surface area (TPSA) is 32.3 Å². The van der Waals surface area contributed by atoms with Crippen LogP contribution in [0.25, 0.3) is 0 Å². The zero-order chi connectivity index (χ0) is 10.7. The maximum Gasteiger partial charge on any atom is 0.222 e. The number of piperidine rings is 1. The summed E-state index contributed by atoms with van der Waals surface area (Å²) in [4.78, 5) is 13.7. The number of nitrogens with one attached hydrogen (secondary N) is 1. The quantitative estimate of drug-likeness (QED) is 0.757. The van der Waals surface area contributed by atoms with Crippen molar-refractivity contribution in [1.82, 2.24) is 10.2 Å². The van der Waals surface area contributed by atoms with Gasteiger partial charge in [-0.1, -0.05) is 0 Å². The summed E-state index contributed by atoms with van der Waals surface area (Å²) in [5.74, 6) is 1.74. The SMILES string of the molecule is CN(CC1CCCNC1)C(=O)CC1CC1. The van der Waals surface area contributed by atoms with Crippen LogP contribution in [0.2, 0.25) is 0 Å². The molecule has 0 aromatic carbocycles.